The quantitative estimate of drug-likeness (QED) is 0.701. The molecular formula is C11H12N2O2. The first-order chi connectivity index (χ1) is 7.18. The van der Waals surface area contributed by atoms with Crippen molar-refractivity contribution in [2.24, 2.45) is 5.73 Å². The number of hydrogen-bond acceptors (Lipinski definition) is 2. The van der Waals surface area contributed by atoms with Crippen LogP contribution in [0.15, 0.2) is 30.5 Å². The van der Waals surface area contributed by atoms with E-state index in [0.29, 0.717) is 6.42 Å². The van der Waals surface area contributed by atoms with Gasteiger partial charge in [0.25, 0.3) is 0 Å². The van der Waals surface area contributed by atoms with Crippen molar-refractivity contribution < 1.29 is 9.90 Å². The lowest BCUT2D eigenvalue weighted by Crippen LogP contribution is -2.32. The van der Waals surface area contributed by atoms with Gasteiger partial charge >= 0.3 is 5.97 Å². The third kappa shape index (κ3) is 1.85. The van der Waals surface area contributed by atoms with E-state index in [9.17, 15) is 4.79 Å². The van der Waals surface area contributed by atoms with Crippen LogP contribution in [0, 0.1) is 0 Å². The molecule has 0 saturated heterocycles. The number of nitrogens with one attached hydrogen (secondary N) is 1. The van der Waals surface area contributed by atoms with Crippen molar-refractivity contribution in [3.05, 3.63) is 36.0 Å². The van der Waals surface area contributed by atoms with E-state index in [4.69, 9.17) is 10.8 Å². The molecule has 2 aromatic rings. The summed E-state index contributed by atoms with van der Waals surface area (Å²) in [5, 5.41) is 9.77. The number of carbonyl (C=O) groups is 1. The summed E-state index contributed by atoms with van der Waals surface area (Å²) in [6.45, 7) is 0. The van der Waals surface area contributed by atoms with Crippen LogP contribution in [0.4, 0.5) is 0 Å². The summed E-state index contributed by atoms with van der Waals surface area (Å²) in [6.07, 6.45) is 2.19. The molecule has 0 aliphatic carbocycles. The summed E-state index contributed by atoms with van der Waals surface area (Å²) in [5.74, 6) is -0.970. The molecule has 1 aromatic heterocycles. The minimum absolute atomic E-state index is 0.352. The SMILES string of the molecule is NC(Cc1cccc2[nH]ccc12)C(=O)O. The Labute approximate surface area is 86.7 Å². The highest BCUT2D eigenvalue weighted by molar-refractivity contribution is 5.84. The average molecular weight is 204 g/mol. The number of benzene rings is 1. The smallest absolute Gasteiger partial charge is 0.320 e. The Morgan fingerprint density at radius 3 is 3.00 bits per heavy atom. The highest BCUT2D eigenvalue weighted by atomic mass is 16.4. The third-order valence-corrected chi connectivity index (χ3v) is 2.44. The van der Waals surface area contributed by atoms with E-state index in [-0.39, 0.29) is 0 Å². The zero-order valence-corrected chi connectivity index (χ0v) is 8.10. The van der Waals surface area contributed by atoms with Crippen molar-refractivity contribution in [1.82, 2.24) is 4.98 Å². The molecule has 0 saturated carbocycles. The van der Waals surface area contributed by atoms with E-state index in [0.717, 1.165) is 16.5 Å². The first-order valence-electron chi connectivity index (χ1n) is 4.72. The molecule has 1 aromatic carbocycles. The van der Waals surface area contributed by atoms with Gasteiger partial charge < -0.3 is 15.8 Å². The molecule has 0 bridgehead atoms. The van der Waals surface area contributed by atoms with Crippen LogP contribution in [0.2, 0.25) is 0 Å². The van der Waals surface area contributed by atoms with Gasteiger partial charge in [-0.05, 0) is 24.1 Å². The second-order valence-electron chi connectivity index (χ2n) is 3.50. The monoisotopic (exact) mass is 204 g/mol. The highest BCUT2D eigenvalue weighted by Crippen LogP contribution is 2.18. The first kappa shape index (κ1) is 9.73. The van der Waals surface area contributed by atoms with E-state index in [1.54, 1.807) is 0 Å². The Balaban J connectivity index is 2.35. The van der Waals surface area contributed by atoms with Crippen LogP contribution >= 0.6 is 0 Å². The molecule has 0 spiro atoms. The maximum Gasteiger partial charge on any atom is 0.320 e. The summed E-state index contributed by atoms with van der Waals surface area (Å²) in [5.41, 5.74) is 7.46. The van der Waals surface area contributed by atoms with Crippen LogP contribution in [-0.2, 0) is 11.2 Å². The van der Waals surface area contributed by atoms with Crippen molar-refractivity contribution in [2.75, 3.05) is 0 Å². The van der Waals surface area contributed by atoms with Crippen molar-refractivity contribution in [1.29, 1.82) is 0 Å². The summed E-state index contributed by atoms with van der Waals surface area (Å²) < 4.78 is 0. The highest BCUT2D eigenvalue weighted by Gasteiger charge is 2.13. The summed E-state index contributed by atoms with van der Waals surface area (Å²) in [6, 6.07) is 6.83. The fraction of sp³-hybridized carbons (Fsp3) is 0.182. The number of nitrogens with two attached hydrogens (primary N) is 1. The Morgan fingerprint density at radius 2 is 2.27 bits per heavy atom. The van der Waals surface area contributed by atoms with Gasteiger partial charge in [-0.1, -0.05) is 12.1 Å². The summed E-state index contributed by atoms with van der Waals surface area (Å²) >= 11 is 0. The van der Waals surface area contributed by atoms with E-state index in [2.05, 4.69) is 4.98 Å². The van der Waals surface area contributed by atoms with Gasteiger partial charge in [-0.2, -0.15) is 0 Å². The molecular weight excluding hydrogens is 192 g/mol. The topological polar surface area (TPSA) is 79.1 Å². The zero-order chi connectivity index (χ0) is 10.8. The fourth-order valence-corrected chi connectivity index (χ4v) is 1.65. The van der Waals surface area contributed by atoms with E-state index < -0.39 is 12.0 Å². The normalized spacial score (nSPS) is 12.9. The van der Waals surface area contributed by atoms with E-state index >= 15 is 0 Å². The number of aromatic nitrogens is 1. The molecule has 0 aliphatic rings. The number of aliphatic carboxylic acids is 1. The van der Waals surface area contributed by atoms with Crippen molar-refractivity contribution in [3.8, 4) is 0 Å². The average Bonchev–Trinajstić information content (AvgIpc) is 2.66. The third-order valence-electron chi connectivity index (χ3n) is 2.44. The predicted molar refractivity (Wildman–Crippen MR) is 57.6 cm³/mol. The second-order valence-corrected chi connectivity index (χ2v) is 3.50. The molecule has 1 unspecified atom stereocenters. The Morgan fingerprint density at radius 1 is 1.47 bits per heavy atom. The van der Waals surface area contributed by atoms with E-state index in [1.807, 2.05) is 30.5 Å². The van der Waals surface area contributed by atoms with Crippen LogP contribution in [0.5, 0.6) is 0 Å². The van der Waals surface area contributed by atoms with Crippen molar-refractivity contribution >= 4 is 16.9 Å². The molecule has 4 nitrogen and oxygen atoms in total. The van der Waals surface area contributed by atoms with Crippen molar-refractivity contribution in [3.63, 3.8) is 0 Å². The number of rotatable bonds is 3. The minimum atomic E-state index is -0.970. The maximum absolute atomic E-state index is 10.6. The molecule has 0 radical (unpaired) electrons. The maximum atomic E-state index is 10.6. The van der Waals surface area contributed by atoms with Crippen LogP contribution < -0.4 is 5.73 Å². The standard InChI is InChI=1S/C11H12N2O2/c12-9(11(14)15)6-7-2-1-3-10-8(7)4-5-13-10/h1-5,9,13H,6,12H2,(H,14,15). The number of carboxylic acid groups (broad SMARTS) is 1. The lowest BCUT2D eigenvalue weighted by Gasteiger charge is -2.07. The lowest BCUT2D eigenvalue weighted by molar-refractivity contribution is -0.138. The molecule has 1 atom stereocenters. The van der Waals surface area contributed by atoms with Gasteiger partial charge in [-0.25, -0.2) is 0 Å². The molecule has 0 fully saturated rings. The minimum Gasteiger partial charge on any atom is -0.480 e. The molecule has 4 N–H and O–H groups in total. The summed E-state index contributed by atoms with van der Waals surface area (Å²) in [4.78, 5) is 13.7. The van der Waals surface area contributed by atoms with Crippen LogP contribution in [0.3, 0.4) is 0 Å². The van der Waals surface area contributed by atoms with Gasteiger partial charge in [-0.3, -0.25) is 4.79 Å². The van der Waals surface area contributed by atoms with E-state index in [1.165, 1.54) is 0 Å². The Kier molecular flexibility index (Phi) is 2.43. The molecule has 78 valence electrons. The van der Waals surface area contributed by atoms with Gasteiger partial charge in [-0.15, -0.1) is 0 Å². The van der Waals surface area contributed by atoms with Gasteiger partial charge in [0.05, 0.1) is 0 Å². The van der Waals surface area contributed by atoms with Crippen LogP contribution in [-0.4, -0.2) is 22.1 Å². The summed E-state index contributed by atoms with van der Waals surface area (Å²) in [7, 11) is 0. The molecule has 0 amide bonds. The number of carboxylic acids is 1. The molecule has 1 heterocycles. The zero-order valence-electron chi connectivity index (χ0n) is 8.10. The Hall–Kier alpha value is -1.81. The van der Waals surface area contributed by atoms with Crippen LogP contribution in [0.25, 0.3) is 10.9 Å². The molecule has 0 aliphatic heterocycles. The lowest BCUT2D eigenvalue weighted by atomic mass is 10.0. The first-order valence-corrected chi connectivity index (χ1v) is 4.72. The van der Waals surface area contributed by atoms with Crippen LogP contribution in [0.1, 0.15) is 5.56 Å². The van der Waals surface area contributed by atoms with Crippen molar-refractivity contribution in [2.45, 2.75) is 12.5 Å². The number of hydrogen-bond donors (Lipinski definition) is 3. The molecule has 4 heteroatoms. The largest absolute Gasteiger partial charge is 0.480 e. The molecule has 15 heavy (non-hydrogen) atoms. The number of H-pyrrole nitrogens is 1. The fourth-order valence-electron chi connectivity index (χ4n) is 1.65. The predicted octanol–water partition coefficient (Wildman–Crippen LogP) is 1.12. The number of fused-ring (bicyclic) bond motifs is 1. The Bertz CT molecular complexity index is 490. The molecule has 2 rings (SSSR count). The van der Waals surface area contributed by atoms with Gasteiger partial charge in [0.15, 0.2) is 0 Å². The number of aromatic amines is 1. The second kappa shape index (κ2) is 3.74. The van der Waals surface area contributed by atoms with Gasteiger partial charge in [0, 0.05) is 17.1 Å². The van der Waals surface area contributed by atoms with Gasteiger partial charge in [0.1, 0.15) is 6.04 Å². The van der Waals surface area contributed by atoms with Gasteiger partial charge in [0.2, 0.25) is 0 Å².